The molecule has 0 atom stereocenters. The lowest BCUT2D eigenvalue weighted by molar-refractivity contribution is 0.590. The Kier molecular flexibility index (Phi) is 15.5. The number of fused-ring (bicyclic) bond motifs is 7. The molecular formula is C88H97BN4S. The Hall–Kier alpha value is -8.32. The van der Waals surface area contributed by atoms with Crippen LogP contribution in [0.3, 0.4) is 0 Å². The van der Waals surface area contributed by atoms with E-state index in [4.69, 9.17) is 0 Å². The number of hydrogen-bond donors (Lipinski definition) is 0. The van der Waals surface area contributed by atoms with Gasteiger partial charge in [-0.15, -0.1) is 11.3 Å². The van der Waals surface area contributed by atoms with Crippen LogP contribution in [0.2, 0.25) is 0 Å². The second-order valence-electron chi connectivity index (χ2n) is 34.1. The maximum atomic E-state index is 2.71. The highest BCUT2D eigenvalue weighted by molar-refractivity contribution is 7.26. The van der Waals surface area contributed by atoms with E-state index in [1.807, 2.05) is 11.3 Å². The van der Waals surface area contributed by atoms with Gasteiger partial charge in [0, 0.05) is 77.0 Å². The van der Waals surface area contributed by atoms with E-state index in [1.54, 1.807) is 0 Å². The normalized spacial score (nSPS) is 13.7. The van der Waals surface area contributed by atoms with Gasteiger partial charge in [-0.1, -0.05) is 249 Å². The zero-order valence-corrected chi connectivity index (χ0v) is 60.7. The van der Waals surface area contributed by atoms with Gasteiger partial charge in [0.25, 0.3) is 6.71 Å². The van der Waals surface area contributed by atoms with Crippen molar-refractivity contribution in [1.29, 1.82) is 0 Å². The van der Waals surface area contributed by atoms with Crippen LogP contribution in [0.25, 0.3) is 20.2 Å². The Morgan fingerprint density at radius 1 is 0.277 bits per heavy atom. The topological polar surface area (TPSA) is 13.0 Å². The van der Waals surface area contributed by atoms with Gasteiger partial charge in [0.05, 0.1) is 11.4 Å². The van der Waals surface area contributed by atoms with Crippen LogP contribution in [-0.2, 0) is 37.9 Å². The highest BCUT2D eigenvalue weighted by Gasteiger charge is 2.46. The molecule has 0 fully saturated rings. The molecular weight excluding hydrogens is 1160 g/mol. The molecule has 6 heteroatoms. The molecule has 0 amide bonds. The molecule has 0 spiro atoms. The second kappa shape index (κ2) is 22.7. The summed E-state index contributed by atoms with van der Waals surface area (Å²) in [5, 5.41) is 2.49. The summed E-state index contributed by atoms with van der Waals surface area (Å²) < 4.78 is 2.49. The number of benzene rings is 10. The van der Waals surface area contributed by atoms with E-state index in [2.05, 4.69) is 371 Å². The van der Waals surface area contributed by atoms with Crippen LogP contribution >= 0.6 is 11.3 Å². The minimum atomic E-state index is -0.133. The Morgan fingerprint density at radius 3 is 0.979 bits per heavy atom. The Labute approximate surface area is 567 Å². The van der Waals surface area contributed by atoms with E-state index in [-0.39, 0.29) is 44.6 Å². The SMILES string of the molecule is CC(C)(C)c1ccc(N(c2ccc(C(C)(C)C)cc2)c2cc3c4c(c2)N(c2cc(N(c5ccc(C(C)(C)C)cc5)c5ccc(C(C)(C)C)cc5)cc5sc6ccccc6c25)c2ccc(C(C)(C)C)cc2B4c2cc(C(C)(C)C)ccc2N3c2ccc(C(C)(C)C)cc2)cc1. The summed E-state index contributed by atoms with van der Waals surface area (Å²) in [4.78, 5) is 10.4. The predicted molar refractivity (Wildman–Crippen MR) is 414 cm³/mol. The molecule has 0 radical (unpaired) electrons. The van der Waals surface area contributed by atoms with Gasteiger partial charge in [-0.2, -0.15) is 0 Å². The average Bonchev–Trinajstić information content (AvgIpc) is 0.816. The van der Waals surface area contributed by atoms with Gasteiger partial charge in [-0.3, -0.25) is 0 Å². The van der Waals surface area contributed by atoms with Crippen LogP contribution in [0.4, 0.5) is 68.2 Å². The summed E-state index contributed by atoms with van der Waals surface area (Å²) in [6.45, 7) is 48.7. The zero-order chi connectivity index (χ0) is 67.1. The second-order valence-corrected chi connectivity index (χ2v) is 35.2. The van der Waals surface area contributed by atoms with Crippen LogP contribution in [0.15, 0.2) is 206 Å². The smallest absolute Gasteiger partial charge is 0.252 e. The van der Waals surface area contributed by atoms with Crippen molar-refractivity contribution >= 4 is 123 Å². The van der Waals surface area contributed by atoms with Crippen LogP contribution in [-0.4, -0.2) is 6.71 Å². The summed E-state index contributed by atoms with van der Waals surface area (Å²) in [7, 11) is 0. The van der Waals surface area contributed by atoms with Crippen molar-refractivity contribution in [3.05, 3.63) is 245 Å². The summed E-state index contributed by atoms with van der Waals surface area (Å²) in [5.41, 5.74) is 26.3. The average molecular weight is 1250 g/mol. The van der Waals surface area contributed by atoms with Crippen LogP contribution in [0, 0.1) is 0 Å². The first-order chi connectivity index (χ1) is 44.0. The molecule has 0 aliphatic carbocycles. The Morgan fingerprint density at radius 2 is 0.596 bits per heavy atom. The van der Waals surface area contributed by atoms with Crippen molar-refractivity contribution in [2.45, 2.75) is 183 Å². The van der Waals surface area contributed by atoms with Crippen molar-refractivity contribution in [2.24, 2.45) is 0 Å². The minimum absolute atomic E-state index is 0.0114. The van der Waals surface area contributed by atoms with Crippen molar-refractivity contribution in [3.8, 4) is 0 Å². The first kappa shape index (κ1) is 64.4. The third-order valence-electron chi connectivity index (χ3n) is 19.9. The molecule has 0 saturated carbocycles. The van der Waals surface area contributed by atoms with E-state index >= 15 is 0 Å². The maximum Gasteiger partial charge on any atom is 0.252 e. The first-order valence-electron chi connectivity index (χ1n) is 34.2. The van der Waals surface area contributed by atoms with Gasteiger partial charge < -0.3 is 19.6 Å². The minimum Gasteiger partial charge on any atom is -0.311 e. The lowest BCUT2D eigenvalue weighted by Gasteiger charge is -2.46. The molecule has 2 aliphatic heterocycles. The van der Waals surface area contributed by atoms with Gasteiger partial charge in [-0.05, 0) is 196 Å². The fraction of sp³-hybridized carbons (Fsp3) is 0.318. The molecule has 478 valence electrons. The van der Waals surface area contributed by atoms with Crippen molar-refractivity contribution in [3.63, 3.8) is 0 Å². The quantitative estimate of drug-likeness (QED) is 0.141. The lowest BCUT2D eigenvalue weighted by Crippen LogP contribution is -2.61. The number of rotatable bonds is 8. The molecule has 3 heterocycles. The molecule has 11 aromatic rings. The maximum absolute atomic E-state index is 2.71. The van der Waals surface area contributed by atoms with E-state index in [0.29, 0.717) is 0 Å². The number of anilines is 12. The molecule has 0 saturated heterocycles. The molecule has 0 N–H and O–H groups in total. The van der Waals surface area contributed by atoms with Crippen molar-refractivity contribution in [1.82, 2.24) is 0 Å². The fourth-order valence-electron chi connectivity index (χ4n) is 14.2. The largest absolute Gasteiger partial charge is 0.311 e. The highest BCUT2D eigenvalue weighted by atomic mass is 32.1. The van der Waals surface area contributed by atoms with Gasteiger partial charge in [0.1, 0.15) is 0 Å². The van der Waals surface area contributed by atoms with Crippen LogP contribution in [0.1, 0.15) is 184 Å². The fourth-order valence-corrected chi connectivity index (χ4v) is 15.3. The summed E-state index contributed by atoms with van der Waals surface area (Å²) >= 11 is 1.89. The molecule has 1 aromatic heterocycles. The molecule has 94 heavy (non-hydrogen) atoms. The molecule has 0 bridgehead atoms. The Bertz CT molecular complexity index is 4560. The van der Waals surface area contributed by atoms with Gasteiger partial charge in [0.2, 0.25) is 0 Å². The number of hydrogen-bond acceptors (Lipinski definition) is 5. The van der Waals surface area contributed by atoms with Crippen molar-refractivity contribution < 1.29 is 0 Å². The first-order valence-corrected chi connectivity index (χ1v) is 35.0. The zero-order valence-electron chi connectivity index (χ0n) is 59.9. The highest BCUT2D eigenvalue weighted by Crippen LogP contribution is 2.54. The van der Waals surface area contributed by atoms with E-state index < -0.39 is 0 Å². The standard InChI is InChI=1S/C88H97BN4S/c1-82(2,3)56-26-38-63(39-27-56)90(64-40-28-57(29-41-64)83(4,5)6)68-53-76-81-77(54-68)93(74-49-37-62(88(19,20)21)51-72(74)89(81)71-50-61(87(16,17)18)36-48-73(71)92(76)67-46-34-60(35-47-67)86(13,14)15)75-52-69(55-79-80(75)70-24-22-23-25-78(70)94-79)91(65-42-30-58(31-43-65)84(7,8)9)66-44-32-59(33-45-66)85(10,11)12/h22-55H,1-21H3. The third kappa shape index (κ3) is 11.7. The number of nitrogens with zero attached hydrogens (tertiary/aromatic N) is 4. The molecule has 13 rings (SSSR count). The van der Waals surface area contributed by atoms with E-state index in [9.17, 15) is 0 Å². The molecule has 4 nitrogen and oxygen atoms in total. The van der Waals surface area contributed by atoms with Crippen molar-refractivity contribution in [2.75, 3.05) is 19.6 Å². The van der Waals surface area contributed by atoms with Gasteiger partial charge in [-0.25, -0.2) is 0 Å². The third-order valence-corrected chi connectivity index (χ3v) is 21.1. The van der Waals surface area contributed by atoms with Crippen LogP contribution < -0.4 is 36.0 Å². The predicted octanol–water partition coefficient (Wildman–Crippen LogP) is 24.2. The van der Waals surface area contributed by atoms with Gasteiger partial charge in [0.15, 0.2) is 0 Å². The monoisotopic (exact) mass is 1250 g/mol. The number of thiophene rings is 1. The molecule has 0 unspecified atom stereocenters. The van der Waals surface area contributed by atoms with E-state index in [1.165, 1.54) is 92.6 Å². The Balaban J connectivity index is 1.19. The van der Waals surface area contributed by atoms with Gasteiger partial charge >= 0.3 is 0 Å². The van der Waals surface area contributed by atoms with E-state index in [0.717, 1.165) is 51.2 Å². The van der Waals surface area contributed by atoms with Crippen LogP contribution in [0.5, 0.6) is 0 Å². The summed E-state index contributed by atoms with van der Waals surface area (Å²) in [6.07, 6.45) is 0. The summed E-state index contributed by atoms with van der Waals surface area (Å²) in [6, 6.07) is 81.0. The molecule has 2 aliphatic rings. The molecule has 10 aromatic carbocycles. The summed E-state index contributed by atoms with van der Waals surface area (Å²) in [5.74, 6) is 0. The lowest BCUT2D eigenvalue weighted by atomic mass is 9.33.